The highest BCUT2D eigenvalue weighted by molar-refractivity contribution is 4.64. The molecular formula is C12H26NO+. The third-order valence-corrected chi connectivity index (χ3v) is 3.37. The van der Waals surface area contributed by atoms with Gasteiger partial charge in [-0.2, -0.15) is 0 Å². The molecule has 0 amide bonds. The van der Waals surface area contributed by atoms with E-state index in [9.17, 15) is 0 Å². The van der Waals surface area contributed by atoms with Crippen LogP contribution >= 0.6 is 0 Å². The third kappa shape index (κ3) is 4.43. The average molecular weight is 200 g/mol. The van der Waals surface area contributed by atoms with Crippen LogP contribution in [0.25, 0.3) is 0 Å². The summed E-state index contributed by atoms with van der Waals surface area (Å²) in [6.45, 7) is 6.07. The van der Waals surface area contributed by atoms with Crippen molar-refractivity contribution >= 4 is 0 Å². The molecule has 0 aliphatic heterocycles. The van der Waals surface area contributed by atoms with Gasteiger partial charge in [0.2, 0.25) is 0 Å². The van der Waals surface area contributed by atoms with Gasteiger partial charge in [-0.1, -0.05) is 26.2 Å². The summed E-state index contributed by atoms with van der Waals surface area (Å²) >= 11 is 0. The second-order valence-electron chi connectivity index (χ2n) is 4.68. The van der Waals surface area contributed by atoms with E-state index in [4.69, 9.17) is 5.11 Å². The van der Waals surface area contributed by atoms with Crippen LogP contribution in [-0.2, 0) is 0 Å². The molecule has 2 heteroatoms. The molecule has 2 nitrogen and oxygen atoms in total. The van der Waals surface area contributed by atoms with E-state index >= 15 is 0 Å². The predicted octanol–water partition coefficient (Wildman–Crippen LogP) is 0.854. The van der Waals surface area contributed by atoms with Crippen LogP contribution in [-0.4, -0.2) is 31.3 Å². The van der Waals surface area contributed by atoms with Crippen LogP contribution < -0.4 is 4.90 Å². The number of nitrogens with one attached hydrogen (secondary N) is 1. The minimum absolute atomic E-state index is 0.349. The Labute approximate surface area is 88.3 Å². The Morgan fingerprint density at radius 3 is 2.43 bits per heavy atom. The van der Waals surface area contributed by atoms with Crippen LogP contribution in [0.3, 0.4) is 0 Å². The van der Waals surface area contributed by atoms with Crippen LogP contribution in [0.15, 0.2) is 0 Å². The first-order valence-corrected chi connectivity index (χ1v) is 6.31. The second-order valence-corrected chi connectivity index (χ2v) is 4.68. The molecule has 0 aromatic rings. The topological polar surface area (TPSA) is 24.7 Å². The van der Waals surface area contributed by atoms with Crippen LogP contribution in [0, 0.1) is 5.92 Å². The van der Waals surface area contributed by atoms with Gasteiger partial charge >= 0.3 is 0 Å². The molecule has 0 aromatic carbocycles. The summed E-state index contributed by atoms with van der Waals surface area (Å²) in [6, 6.07) is 0. The second kappa shape index (κ2) is 7.24. The molecular weight excluding hydrogens is 174 g/mol. The lowest BCUT2D eigenvalue weighted by molar-refractivity contribution is -0.904. The summed E-state index contributed by atoms with van der Waals surface area (Å²) in [5.41, 5.74) is 0. The number of hydrogen-bond acceptors (Lipinski definition) is 1. The van der Waals surface area contributed by atoms with E-state index in [-0.39, 0.29) is 0 Å². The molecule has 1 rings (SSSR count). The van der Waals surface area contributed by atoms with Crippen LogP contribution in [0.1, 0.15) is 45.4 Å². The third-order valence-electron chi connectivity index (χ3n) is 3.37. The highest BCUT2D eigenvalue weighted by Crippen LogP contribution is 2.21. The SMILES string of the molecule is CCC[NH+](CCO)CC1CCCCC1. The van der Waals surface area contributed by atoms with Gasteiger partial charge in [0.15, 0.2) is 0 Å². The molecule has 84 valence electrons. The van der Waals surface area contributed by atoms with Crippen molar-refractivity contribution in [3.05, 3.63) is 0 Å². The highest BCUT2D eigenvalue weighted by Gasteiger charge is 2.18. The van der Waals surface area contributed by atoms with Gasteiger partial charge in [0.05, 0.1) is 19.7 Å². The quantitative estimate of drug-likeness (QED) is 0.653. The molecule has 2 N–H and O–H groups in total. The molecule has 0 heterocycles. The van der Waals surface area contributed by atoms with E-state index in [2.05, 4.69) is 6.92 Å². The fourth-order valence-electron chi connectivity index (χ4n) is 2.64. The highest BCUT2D eigenvalue weighted by atomic mass is 16.3. The Morgan fingerprint density at radius 1 is 1.14 bits per heavy atom. The Bertz CT molecular complexity index is 126. The summed E-state index contributed by atoms with van der Waals surface area (Å²) in [6.07, 6.45) is 8.41. The number of aliphatic hydroxyl groups is 1. The lowest BCUT2D eigenvalue weighted by Gasteiger charge is -2.26. The van der Waals surface area contributed by atoms with Gasteiger partial charge in [0, 0.05) is 5.92 Å². The van der Waals surface area contributed by atoms with E-state index in [1.54, 1.807) is 4.90 Å². The maximum Gasteiger partial charge on any atom is 0.101 e. The van der Waals surface area contributed by atoms with Crippen LogP contribution in [0.5, 0.6) is 0 Å². The Kier molecular flexibility index (Phi) is 6.20. The Hall–Kier alpha value is -0.0800. The van der Waals surface area contributed by atoms with Crippen molar-refractivity contribution in [2.75, 3.05) is 26.2 Å². The normalized spacial score (nSPS) is 21.0. The largest absolute Gasteiger partial charge is 0.391 e. The molecule has 1 fully saturated rings. The Morgan fingerprint density at radius 2 is 1.86 bits per heavy atom. The molecule has 0 aromatic heterocycles. The van der Waals surface area contributed by atoms with Gasteiger partial charge in [0.25, 0.3) is 0 Å². The fraction of sp³-hybridized carbons (Fsp3) is 1.00. The molecule has 0 bridgehead atoms. The van der Waals surface area contributed by atoms with E-state index in [1.807, 2.05) is 0 Å². The van der Waals surface area contributed by atoms with Crippen molar-refractivity contribution < 1.29 is 10.0 Å². The van der Waals surface area contributed by atoms with Crippen molar-refractivity contribution in [3.8, 4) is 0 Å². The molecule has 1 aliphatic carbocycles. The van der Waals surface area contributed by atoms with E-state index in [1.165, 1.54) is 51.6 Å². The van der Waals surface area contributed by atoms with Crippen LogP contribution in [0.2, 0.25) is 0 Å². The van der Waals surface area contributed by atoms with Gasteiger partial charge < -0.3 is 10.0 Å². The standard InChI is InChI=1S/C12H25NO/c1-2-8-13(9-10-14)11-12-6-4-3-5-7-12/h12,14H,2-11H2,1H3/p+1. The summed E-state index contributed by atoms with van der Waals surface area (Å²) in [5, 5.41) is 8.97. The first kappa shape index (κ1) is 12.0. The van der Waals surface area contributed by atoms with Crippen molar-refractivity contribution in [2.24, 2.45) is 5.92 Å². The Balaban J connectivity index is 2.21. The zero-order valence-corrected chi connectivity index (χ0v) is 9.60. The number of aliphatic hydroxyl groups excluding tert-OH is 1. The number of rotatable bonds is 6. The van der Waals surface area contributed by atoms with Crippen LogP contribution in [0.4, 0.5) is 0 Å². The number of quaternary nitrogens is 1. The zero-order chi connectivity index (χ0) is 10.2. The lowest BCUT2D eigenvalue weighted by atomic mass is 9.89. The molecule has 1 aliphatic rings. The first-order chi connectivity index (χ1) is 6.86. The van der Waals surface area contributed by atoms with E-state index < -0.39 is 0 Å². The van der Waals surface area contributed by atoms with Gasteiger partial charge in [-0.25, -0.2) is 0 Å². The minimum Gasteiger partial charge on any atom is -0.391 e. The van der Waals surface area contributed by atoms with Crippen molar-refractivity contribution in [2.45, 2.75) is 45.4 Å². The van der Waals surface area contributed by atoms with Crippen molar-refractivity contribution in [1.29, 1.82) is 0 Å². The summed E-state index contributed by atoms with van der Waals surface area (Å²) in [7, 11) is 0. The maximum atomic E-state index is 8.97. The molecule has 14 heavy (non-hydrogen) atoms. The summed E-state index contributed by atoms with van der Waals surface area (Å²) in [4.78, 5) is 1.61. The van der Waals surface area contributed by atoms with Crippen molar-refractivity contribution in [1.82, 2.24) is 0 Å². The van der Waals surface area contributed by atoms with E-state index in [0.717, 1.165) is 12.5 Å². The molecule has 0 radical (unpaired) electrons. The smallest absolute Gasteiger partial charge is 0.101 e. The lowest BCUT2D eigenvalue weighted by Crippen LogP contribution is -3.13. The maximum absolute atomic E-state index is 8.97. The predicted molar refractivity (Wildman–Crippen MR) is 59.5 cm³/mol. The zero-order valence-electron chi connectivity index (χ0n) is 9.60. The molecule has 1 unspecified atom stereocenters. The molecule has 1 saturated carbocycles. The molecule has 0 saturated heterocycles. The molecule has 0 spiro atoms. The average Bonchev–Trinajstić information content (AvgIpc) is 2.20. The summed E-state index contributed by atoms with van der Waals surface area (Å²) in [5.74, 6) is 0.942. The fourth-order valence-corrected chi connectivity index (χ4v) is 2.64. The van der Waals surface area contributed by atoms with E-state index in [0.29, 0.717) is 6.61 Å². The van der Waals surface area contributed by atoms with Gasteiger partial charge in [-0.15, -0.1) is 0 Å². The van der Waals surface area contributed by atoms with Gasteiger partial charge in [-0.05, 0) is 19.3 Å². The minimum atomic E-state index is 0.349. The number of hydrogen-bond donors (Lipinski definition) is 2. The van der Waals surface area contributed by atoms with Gasteiger partial charge in [-0.3, -0.25) is 0 Å². The summed E-state index contributed by atoms with van der Waals surface area (Å²) < 4.78 is 0. The molecule has 1 atom stereocenters. The van der Waals surface area contributed by atoms with Crippen molar-refractivity contribution in [3.63, 3.8) is 0 Å². The monoisotopic (exact) mass is 200 g/mol. The van der Waals surface area contributed by atoms with Gasteiger partial charge in [0.1, 0.15) is 6.54 Å². The first-order valence-electron chi connectivity index (χ1n) is 6.31.